The Morgan fingerprint density at radius 1 is 1.67 bits per heavy atom. The highest BCUT2D eigenvalue weighted by Gasteiger charge is 2.05. The summed E-state index contributed by atoms with van der Waals surface area (Å²) in [5.74, 6) is 4.96. The number of carbonyl (C=O) groups is 1. The summed E-state index contributed by atoms with van der Waals surface area (Å²) in [6, 6.07) is 1.80. The van der Waals surface area contributed by atoms with Gasteiger partial charge in [0, 0.05) is 6.20 Å². The maximum atomic E-state index is 10.9. The first kappa shape index (κ1) is 9.94. The fourth-order valence-corrected chi connectivity index (χ4v) is 1.77. The van der Waals surface area contributed by atoms with E-state index in [0.29, 0.717) is 5.16 Å². The Hall–Kier alpha value is -1.60. The Labute approximate surface area is 89.6 Å². The molecule has 2 aromatic heterocycles. The molecule has 0 bridgehead atoms. The average molecular weight is 223 g/mol. The largest absolute Gasteiger partial charge is 0.332 e. The summed E-state index contributed by atoms with van der Waals surface area (Å²) in [4.78, 5) is 22.2. The van der Waals surface area contributed by atoms with Crippen LogP contribution in [0.25, 0.3) is 11.0 Å². The summed E-state index contributed by atoms with van der Waals surface area (Å²) < 4.78 is 0. The number of hydrogen-bond donors (Lipinski definition) is 3. The van der Waals surface area contributed by atoms with Gasteiger partial charge in [-0.25, -0.2) is 10.8 Å². The molecule has 0 radical (unpaired) electrons. The Kier molecular flexibility index (Phi) is 2.84. The normalized spacial score (nSPS) is 10.5. The second-order valence-corrected chi connectivity index (χ2v) is 3.76. The van der Waals surface area contributed by atoms with Crippen LogP contribution in [0.15, 0.2) is 23.6 Å². The van der Waals surface area contributed by atoms with Crippen molar-refractivity contribution in [3.63, 3.8) is 0 Å². The van der Waals surface area contributed by atoms with Gasteiger partial charge in [-0.1, -0.05) is 11.8 Å². The predicted octanol–water partition coefficient (Wildman–Crippen LogP) is 0.0399. The van der Waals surface area contributed by atoms with E-state index in [2.05, 4.69) is 20.4 Å². The topological polar surface area (TPSA) is 96.7 Å². The van der Waals surface area contributed by atoms with Crippen molar-refractivity contribution in [1.29, 1.82) is 0 Å². The van der Waals surface area contributed by atoms with E-state index in [0.717, 1.165) is 11.0 Å². The molecule has 2 heterocycles. The van der Waals surface area contributed by atoms with E-state index in [1.807, 2.05) is 0 Å². The number of rotatable bonds is 3. The van der Waals surface area contributed by atoms with Crippen LogP contribution >= 0.6 is 11.8 Å². The first-order valence-corrected chi connectivity index (χ1v) is 5.20. The van der Waals surface area contributed by atoms with E-state index in [4.69, 9.17) is 5.84 Å². The van der Waals surface area contributed by atoms with Crippen LogP contribution in [0.3, 0.4) is 0 Å². The van der Waals surface area contributed by atoms with Crippen molar-refractivity contribution in [2.45, 2.75) is 5.16 Å². The highest BCUT2D eigenvalue weighted by Crippen LogP contribution is 2.17. The molecular formula is C8H9N5OS. The molecule has 0 saturated heterocycles. The number of hydrogen-bond acceptors (Lipinski definition) is 5. The van der Waals surface area contributed by atoms with Gasteiger partial charge in [0.1, 0.15) is 0 Å². The molecule has 6 nitrogen and oxygen atoms in total. The van der Waals surface area contributed by atoms with E-state index in [1.165, 1.54) is 11.8 Å². The molecule has 0 atom stereocenters. The molecule has 4 N–H and O–H groups in total. The van der Waals surface area contributed by atoms with Gasteiger partial charge in [0.25, 0.3) is 0 Å². The van der Waals surface area contributed by atoms with E-state index < -0.39 is 0 Å². The number of thioether (sulfide) groups is 1. The molecule has 1 amide bonds. The van der Waals surface area contributed by atoms with Gasteiger partial charge in [0.2, 0.25) is 5.91 Å². The zero-order valence-electron chi connectivity index (χ0n) is 7.73. The van der Waals surface area contributed by atoms with E-state index in [1.54, 1.807) is 18.5 Å². The van der Waals surface area contributed by atoms with Crippen molar-refractivity contribution in [2.75, 3.05) is 5.75 Å². The summed E-state index contributed by atoms with van der Waals surface area (Å²) in [5.41, 5.74) is 3.74. The molecular weight excluding hydrogens is 214 g/mol. The van der Waals surface area contributed by atoms with Gasteiger partial charge in [0.15, 0.2) is 5.16 Å². The average Bonchev–Trinajstić information content (AvgIpc) is 2.68. The standard InChI is InChI=1S/C8H9N5OS/c9-13-7(14)4-15-8-11-5-1-2-10-3-6(5)12-8/h1-3H,4,9H2,(H,11,12)(H,13,14). The molecule has 0 spiro atoms. The molecule has 7 heteroatoms. The van der Waals surface area contributed by atoms with Crippen molar-refractivity contribution in [3.8, 4) is 0 Å². The Balaban J connectivity index is 2.12. The molecule has 15 heavy (non-hydrogen) atoms. The lowest BCUT2D eigenvalue weighted by Crippen LogP contribution is -2.31. The van der Waals surface area contributed by atoms with Gasteiger partial charge in [-0.15, -0.1) is 0 Å². The van der Waals surface area contributed by atoms with E-state index in [-0.39, 0.29) is 11.7 Å². The Bertz CT molecular complexity index is 450. The van der Waals surface area contributed by atoms with Crippen molar-refractivity contribution in [1.82, 2.24) is 20.4 Å². The van der Waals surface area contributed by atoms with Crippen LogP contribution in [0, 0.1) is 0 Å². The highest BCUT2D eigenvalue weighted by atomic mass is 32.2. The lowest BCUT2D eigenvalue weighted by Gasteiger charge is -1.95. The maximum absolute atomic E-state index is 10.9. The van der Waals surface area contributed by atoms with Gasteiger partial charge < -0.3 is 4.98 Å². The fourth-order valence-electron chi connectivity index (χ4n) is 1.08. The van der Waals surface area contributed by atoms with Gasteiger partial charge in [-0.3, -0.25) is 15.2 Å². The predicted molar refractivity (Wildman–Crippen MR) is 56.9 cm³/mol. The minimum atomic E-state index is -0.237. The summed E-state index contributed by atoms with van der Waals surface area (Å²) in [5, 5.41) is 0.682. The third kappa shape index (κ3) is 2.25. The summed E-state index contributed by atoms with van der Waals surface area (Å²) in [6.45, 7) is 0. The second-order valence-electron chi connectivity index (χ2n) is 2.79. The van der Waals surface area contributed by atoms with Crippen molar-refractivity contribution >= 4 is 28.7 Å². The van der Waals surface area contributed by atoms with Crippen molar-refractivity contribution < 1.29 is 4.79 Å². The molecule has 0 unspecified atom stereocenters. The zero-order chi connectivity index (χ0) is 10.7. The minimum absolute atomic E-state index is 0.237. The first-order valence-electron chi connectivity index (χ1n) is 4.21. The zero-order valence-corrected chi connectivity index (χ0v) is 8.54. The lowest BCUT2D eigenvalue weighted by atomic mass is 10.4. The van der Waals surface area contributed by atoms with Crippen molar-refractivity contribution in [2.24, 2.45) is 5.84 Å². The van der Waals surface area contributed by atoms with Crippen LogP contribution in [0.1, 0.15) is 0 Å². The second kappa shape index (κ2) is 4.28. The molecule has 78 valence electrons. The number of aromatic nitrogens is 3. The monoisotopic (exact) mass is 223 g/mol. The van der Waals surface area contributed by atoms with Gasteiger partial charge in [0.05, 0.1) is 23.0 Å². The number of aromatic amines is 1. The summed E-state index contributed by atoms with van der Waals surface area (Å²) in [7, 11) is 0. The SMILES string of the molecule is NNC(=O)CSc1nc2ccncc2[nH]1. The Morgan fingerprint density at radius 2 is 2.53 bits per heavy atom. The maximum Gasteiger partial charge on any atom is 0.244 e. The minimum Gasteiger partial charge on any atom is -0.332 e. The third-order valence-corrected chi connectivity index (χ3v) is 2.64. The number of pyridine rings is 1. The van der Waals surface area contributed by atoms with Gasteiger partial charge in [-0.05, 0) is 6.07 Å². The molecule has 0 aliphatic carbocycles. The molecule has 0 fully saturated rings. The molecule has 0 saturated carbocycles. The smallest absolute Gasteiger partial charge is 0.244 e. The number of nitrogens with two attached hydrogens (primary N) is 1. The van der Waals surface area contributed by atoms with Crippen molar-refractivity contribution in [3.05, 3.63) is 18.5 Å². The Morgan fingerprint density at radius 3 is 3.27 bits per heavy atom. The number of H-pyrrole nitrogens is 1. The molecule has 0 aliphatic rings. The number of nitrogens with one attached hydrogen (secondary N) is 2. The molecule has 2 aromatic rings. The van der Waals surface area contributed by atoms with Crippen LogP contribution in [-0.2, 0) is 4.79 Å². The number of carbonyl (C=O) groups excluding carboxylic acids is 1. The quantitative estimate of drug-likeness (QED) is 0.295. The van der Waals surface area contributed by atoms with Crippen LogP contribution in [0.4, 0.5) is 0 Å². The van der Waals surface area contributed by atoms with Crippen LogP contribution in [0.2, 0.25) is 0 Å². The van der Waals surface area contributed by atoms with E-state index >= 15 is 0 Å². The molecule has 2 rings (SSSR count). The number of imidazole rings is 1. The summed E-state index contributed by atoms with van der Waals surface area (Å²) in [6.07, 6.45) is 3.36. The van der Waals surface area contributed by atoms with Gasteiger partial charge >= 0.3 is 0 Å². The number of amides is 1. The first-order chi connectivity index (χ1) is 7.29. The molecule has 0 aromatic carbocycles. The number of fused-ring (bicyclic) bond motifs is 1. The van der Waals surface area contributed by atoms with Crippen LogP contribution in [-0.4, -0.2) is 26.6 Å². The third-order valence-electron chi connectivity index (χ3n) is 1.76. The van der Waals surface area contributed by atoms with Gasteiger partial charge in [-0.2, -0.15) is 0 Å². The van der Waals surface area contributed by atoms with Crippen LogP contribution < -0.4 is 11.3 Å². The van der Waals surface area contributed by atoms with Crippen LogP contribution in [0.5, 0.6) is 0 Å². The number of nitrogens with zero attached hydrogens (tertiary/aromatic N) is 2. The lowest BCUT2D eigenvalue weighted by molar-refractivity contribution is -0.118. The molecule has 0 aliphatic heterocycles. The fraction of sp³-hybridized carbons (Fsp3) is 0.125. The summed E-state index contributed by atoms with van der Waals surface area (Å²) >= 11 is 1.29. The highest BCUT2D eigenvalue weighted by molar-refractivity contribution is 7.99. The number of hydrazine groups is 1. The van der Waals surface area contributed by atoms with E-state index in [9.17, 15) is 4.79 Å².